The maximum absolute atomic E-state index is 6.10. The van der Waals surface area contributed by atoms with Gasteiger partial charge >= 0.3 is 0 Å². The monoisotopic (exact) mass is 340 g/mol. The van der Waals surface area contributed by atoms with Gasteiger partial charge in [0.15, 0.2) is 0 Å². The van der Waals surface area contributed by atoms with E-state index >= 15 is 0 Å². The van der Waals surface area contributed by atoms with Gasteiger partial charge in [0, 0.05) is 10.6 Å². The van der Waals surface area contributed by atoms with E-state index in [9.17, 15) is 0 Å². The van der Waals surface area contributed by atoms with Gasteiger partial charge in [0.2, 0.25) is 0 Å². The molecule has 0 fully saturated rings. The molecular weight excluding hydrogens is 334 g/mol. The summed E-state index contributed by atoms with van der Waals surface area (Å²) in [6, 6.07) is 5.20. The Morgan fingerprint density at radius 3 is 2.50 bits per heavy atom. The van der Waals surface area contributed by atoms with Gasteiger partial charge in [-0.1, -0.05) is 34.8 Å². The van der Waals surface area contributed by atoms with Crippen LogP contribution >= 0.6 is 57.7 Å². The van der Waals surface area contributed by atoms with Crippen LogP contribution in [0.4, 0.5) is 0 Å². The standard InChI is InChI=1S/C12H8Cl4OS/c13-5-7-3-8(14)4-10(16)12(7)17-6-11-9(15)1-2-18-11/h1-4H,5-6H2. The summed E-state index contributed by atoms with van der Waals surface area (Å²) in [5.74, 6) is 0.842. The van der Waals surface area contributed by atoms with E-state index in [0.717, 1.165) is 10.4 Å². The highest BCUT2D eigenvalue weighted by molar-refractivity contribution is 7.10. The smallest absolute Gasteiger partial charge is 0.142 e. The van der Waals surface area contributed by atoms with Crippen LogP contribution in [0.1, 0.15) is 10.4 Å². The number of benzene rings is 1. The Morgan fingerprint density at radius 2 is 1.89 bits per heavy atom. The minimum atomic E-state index is 0.286. The second-order valence-electron chi connectivity index (χ2n) is 3.49. The first-order valence-electron chi connectivity index (χ1n) is 5.00. The van der Waals surface area contributed by atoms with E-state index in [-0.39, 0.29) is 5.88 Å². The van der Waals surface area contributed by atoms with Crippen LogP contribution in [-0.4, -0.2) is 0 Å². The highest BCUT2D eigenvalue weighted by Gasteiger charge is 2.11. The molecule has 96 valence electrons. The van der Waals surface area contributed by atoms with E-state index in [1.807, 2.05) is 11.4 Å². The number of ether oxygens (including phenoxy) is 1. The van der Waals surface area contributed by atoms with Gasteiger partial charge in [0.25, 0.3) is 0 Å². The maximum Gasteiger partial charge on any atom is 0.142 e. The molecule has 2 aromatic rings. The van der Waals surface area contributed by atoms with Crippen molar-refractivity contribution in [3.63, 3.8) is 0 Å². The summed E-state index contributed by atoms with van der Waals surface area (Å²) in [5, 5.41) is 3.59. The molecule has 6 heteroatoms. The number of halogens is 4. The highest BCUT2D eigenvalue weighted by atomic mass is 35.5. The Bertz CT molecular complexity index is 553. The zero-order chi connectivity index (χ0) is 13.1. The van der Waals surface area contributed by atoms with Gasteiger partial charge in [0.05, 0.1) is 20.8 Å². The first-order chi connectivity index (χ1) is 8.61. The van der Waals surface area contributed by atoms with Crippen LogP contribution in [0.25, 0.3) is 0 Å². The van der Waals surface area contributed by atoms with Crippen molar-refractivity contribution in [3.05, 3.63) is 49.1 Å². The van der Waals surface area contributed by atoms with Gasteiger partial charge < -0.3 is 4.74 Å². The maximum atomic E-state index is 6.10. The fraction of sp³-hybridized carbons (Fsp3) is 0.167. The number of alkyl halides is 1. The molecule has 1 aromatic carbocycles. The van der Waals surface area contributed by atoms with Gasteiger partial charge in [-0.05, 0) is 23.6 Å². The molecule has 0 aliphatic rings. The third kappa shape index (κ3) is 3.25. The molecule has 1 nitrogen and oxygen atoms in total. The van der Waals surface area contributed by atoms with Gasteiger partial charge in [-0.3, -0.25) is 0 Å². The molecule has 0 unspecified atom stereocenters. The molecule has 1 heterocycles. The average Bonchev–Trinajstić information content (AvgIpc) is 2.73. The quantitative estimate of drug-likeness (QED) is 0.617. The Morgan fingerprint density at radius 1 is 1.11 bits per heavy atom. The van der Waals surface area contributed by atoms with Crippen LogP contribution < -0.4 is 4.74 Å². The van der Waals surface area contributed by atoms with E-state index in [1.165, 1.54) is 11.3 Å². The lowest BCUT2D eigenvalue weighted by molar-refractivity contribution is 0.307. The van der Waals surface area contributed by atoms with Gasteiger partial charge in [-0.2, -0.15) is 0 Å². The lowest BCUT2D eigenvalue weighted by atomic mass is 10.2. The minimum absolute atomic E-state index is 0.286. The lowest BCUT2D eigenvalue weighted by Crippen LogP contribution is -1.97. The van der Waals surface area contributed by atoms with Crippen molar-refractivity contribution in [1.29, 1.82) is 0 Å². The van der Waals surface area contributed by atoms with Gasteiger partial charge in [-0.25, -0.2) is 0 Å². The summed E-state index contributed by atoms with van der Waals surface area (Å²) in [7, 11) is 0. The molecule has 0 saturated heterocycles. The molecule has 0 bridgehead atoms. The van der Waals surface area contributed by atoms with Crippen LogP contribution in [0.15, 0.2) is 23.6 Å². The SMILES string of the molecule is ClCc1cc(Cl)cc(Cl)c1OCc1sccc1Cl. The average molecular weight is 342 g/mol. The van der Waals surface area contributed by atoms with Crippen LogP contribution in [0.3, 0.4) is 0 Å². The van der Waals surface area contributed by atoms with Crippen LogP contribution in [0.5, 0.6) is 5.75 Å². The van der Waals surface area contributed by atoms with E-state index in [1.54, 1.807) is 12.1 Å². The Labute approximate surface area is 129 Å². The summed E-state index contributed by atoms with van der Waals surface area (Å²) in [6.45, 7) is 0.363. The number of hydrogen-bond donors (Lipinski definition) is 0. The molecule has 0 saturated carbocycles. The van der Waals surface area contributed by atoms with Crippen molar-refractivity contribution in [2.24, 2.45) is 0 Å². The first-order valence-corrected chi connectivity index (χ1v) is 7.55. The molecule has 0 spiro atoms. The van der Waals surface area contributed by atoms with Crippen molar-refractivity contribution in [2.75, 3.05) is 0 Å². The number of rotatable bonds is 4. The topological polar surface area (TPSA) is 9.23 Å². The summed E-state index contributed by atoms with van der Waals surface area (Å²) < 4.78 is 5.69. The molecule has 0 aliphatic carbocycles. The molecule has 0 aliphatic heterocycles. The van der Waals surface area contributed by atoms with E-state index in [4.69, 9.17) is 51.1 Å². The molecular formula is C12H8Cl4OS. The minimum Gasteiger partial charge on any atom is -0.486 e. The number of thiophene rings is 1. The van der Waals surface area contributed by atoms with Crippen LogP contribution in [0, 0.1) is 0 Å². The van der Waals surface area contributed by atoms with Crippen molar-refractivity contribution in [1.82, 2.24) is 0 Å². The Balaban J connectivity index is 2.21. The number of hydrogen-bond acceptors (Lipinski definition) is 2. The zero-order valence-corrected chi connectivity index (χ0v) is 12.9. The molecule has 18 heavy (non-hydrogen) atoms. The molecule has 1 aromatic heterocycles. The lowest BCUT2D eigenvalue weighted by Gasteiger charge is -2.12. The summed E-state index contributed by atoms with van der Waals surface area (Å²) in [5.41, 5.74) is 0.766. The highest BCUT2D eigenvalue weighted by Crippen LogP contribution is 2.34. The molecule has 0 amide bonds. The molecule has 0 atom stereocenters. The molecule has 0 N–H and O–H groups in total. The largest absolute Gasteiger partial charge is 0.486 e. The van der Waals surface area contributed by atoms with Gasteiger partial charge in [-0.15, -0.1) is 22.9 Å². The first kappa shape index (κ1) is 14.3. The summed E-state index contributed by atoms with van der Waals surface area (Å²) >= 11 is 25.4. The normalized spacial score (nSPS) is 10.7. The summed E-state index contributed by atoms with van der Waals surface area (Å²) in [6.07, 6.45) is 0. The van der Waals surface area contributed by atoms with E-state index < -0.39 is 0 Å². The van der Waals surface area contributed by atoms with E-state index in [2.05, 4.69) is 0 Å². The zero-order valence-electron chi connectivity index (χ0n) is 9.05. The van der Waals surface area contributed by atoms with Crippen LogP contribution in [-0.2, 0) is 12.5 Å². The fourth-order valence-corrected chi connectivity index (χ4v) is 3.23. The second kappa shape index (κ2) is 6.36. The third-order valence-corrected chi connectivity index (χ3v) is 4.42. The van der Waals surface area contributed by atoms with Crippen molar-refractivity contribution in [2.45, 2.75) is 12.5 Å². The van der Waals surface area contributed by atoms with Gasteiger partial charge in [0.1, 0.15) is 12.4 Å². The van der Waals surface area contributed by atoms with Crippen molar-refractivity contribution < 1.29 is 4.74 Å². The molecule has 0 radical (unpaired) electrons. The molecule has 2 rings (SSSR count). The van der Waals surface area contributed by atoms with Crippen LogP contribution in [0.2, 0.25) is 15.1 Å². The predicted molar refractivity (Wildman–Crippen MR) is 79.7 cm³/mol. The van der Waals surface area contributed by atoms with Crippen molar-refractivity contribution in [3.8, 4) is 5.75 Å². The Hall–Kier alpha value is -0.120. The fourth-order valence-electron chi connectivity index (χ4n) is 1.44. The third-order valence-electron chi connectivity index (χ3n) is 2.27. The Kier molecular flexibility index (Phi) is 5.05. The van der Waals surface area contributed by atoms with Crippen molar-refractivity contribution >= 4 is 57.7 Å². The summed E-state index contributed by atoms with van der Waals surface area (Å²) in [4.78, 5) is 0.947. The van der Waals surface area contributed by atoms with E-state index in [0.29, 0.717) is 27.4 Å². The second-order valence-corrected chi connectivity index (χ2v) is 6.01. The predicted octanol–water partition coefficient (Wildman–Crippen LogP) is 6.03.